The molecule has 0 atom stereocenters. The van der Waals surface area contributed by atoms with Crippen LogP contribution in [0.5, 0.6) is 17.2 Å². The first kappa shape index (κ1) is 58.5. The fraction of sp³-hybridized carbons (Fsp3) is 0.346. The van der Waals surface area contributed by atoms with E-state index in [-0.39, 0.29) is 58.6 Å². The number of ether oxygens (including phenoxy) is 12. The van der Waals surface area contributed by atoms with Crippen LogP contribution in [-0.4, -0.2) is 127 Å². The molecule has 5 rings (SSSR count). The van der Waals surface area contributed by atoms with Gasteiger partial charge in [-0.15, -0.1) is 0 Å². The van der Waals surface area contributed by atoms with E-state index in [9.17, 15) is 47.9 Å². The molecule has 0 aromatic heterocycles. The number of nitrogens with zero attached hydrogens (tertiary/aromatic N) is 2. The molecule has 0 radical (unpaired) electrons. The highest BCUT2D eigenvalue weighted by Gasteiger charge is 2.27. The number of esters is 9. The van der Waals surface area contributed by atoms with Gasteiger partial charge in [0.15, 0.2) is 5.43 Å². The molecule has 3 aromatic rings. The SMILES string of the molecule is CC(=O)OCOC(=O)CN(CC(=O)OCOC(C)=O)c1ccc(C)cc1OCCOc1cc(-c2c3ccc(=O)cc-3oc3cc(OCOC(C)=O)ccc23)c(C)cc1N(CC(=O)OCOC(C)=O)CC(=O)OCOC(C)=O. The molecule has 410 valence electrons. The molecule has 77 heavy (non-hydrogen) atoms. The summed E-state index contributed by atoms with van der Waals surface area (Å²) in [4.78, 5) is 125. The van der Waals surface area contributed by atoms with Crippen molar-refractivity contribution in [2.24, 2.45) is 0 Å². The molecule has 1 heterocycles. The molecule has 1 aliphatic heterocycles. The summed E-state index contributed by atoms with van der Waals surface area (Å²) < 4.78 is 68.8. The summed E-state index contributed by atoms with van der Waals surface area (Å²) >= 11 is 0. The standard InChI is InChI=1S/C52H54N2O23/c1-30-8-13-42(53(21-48(61)73-26-68-33(4)56)22-49(62)74-27-69-34(5)57)46(16-30)65-14-15-66-47-20-41(31(2)17-43(47)54(23-50(63)75-28-70-35(6)58)24-51(64)76-29-71-36(7)59)52-39-11-9-37(60)18-44(39)77-45-19-38(10-12-40(45)52)72-25-67-32(3)55/h8-13,16-20H,14-15,21-29H2,1-7H3. The van der Waals surface area contributed by atoms with Crippen LogP contribution in [0.2, 0.25) is 0 Å². The first-order valence-electron chi connectivity index (χ1n) is 23.1. The van der Waals surface area contributed by atoms with Gasteiger partial charge in [0.1, 0.15) is 68.0 Å². The van der Waals surface area contributed by atoms with E-state index >= 15 is 0 Å². The minimum atomic E-state index is -0.959. The van der Waals surface area contributed by atoms with Gasteiger partial charge in [-0.25, -0.2) is 0 Å². The second kappa shape index (κ2) is 28.3. The van der Waals surface area contributed by atoms with E-state index in [4.69, 9.17) is 61.3 Å². The van der Waals surface area contributed by atoms with Gasteiger partial charge in [0.05, 0.1) is 11.4 Å². The Balaban J connectivity index is 1.59. The molecule has 0 bridgehead atoms. The number of anilines is 2. The number of fused-ring (bicyclic) bond motifs is 2. The summed E-state index contributed by atoms with van der Waals surface area (Å²) in [5.74, 6) is -6.61. The Morgan fingerprint density at radius 2 is 0.922 bits per heavy atom. The molecule has 25 heteroatoms. The van der Waals surface area contributed by atoms with Gasteiger partial charge in [0.2, 0.25) is 34.0 Å². The van der Waals surface area contributed by atoms with Crippen molar-refractivity contribution in [1.29, 1.82) is 0 Å². The van der Waals surface area contributed by atoms with Crippen LogP contribution in [0.25, 0.3) is 33.4 Å². The monoisotopic (exact) mass is 1070 g/mol. The third-order valence-electron chi connectivity index (χ3n) is 10.3. The summed E-state index contributed by atoms with van der Waals surface area (Å²) in [6.07, 6.45) is 0. The normalized spacial score (nSPS) is 10.6. The molecule has 25 nitrogen and oxygen atoms in total. The Hall–Kier alpha value is -9.42. The van der Waals surface area contributed by atoms with Crippen molar-refractivity contribution in [3.63, 3.8) is 0 Å². The third-order valence-corrected chi connectivity index (χ3v) is 10.3. The lowest BCUT2D eigenvalue weighted by Gasteiger charge is -2.27. The number of benzene rings is 4. The molecular weight excluding hydrogens is 1020 g/mol. The number of hydrogen-bond donors (Lipinski definition) is 0. The number of carbonyl (C=O) groups is 9. The molecule has 0 amide bonds. The van der Waals surface area contributed by atoms with Gasteiger partial charge in [0, 0.05) is 63.3 Å². The second-order valence-corrected chi connectivity index (χ2v) is 16.3. The van der Waals surface area contributed by atoms with Crippen molar-refractivity contribution in [2.75, 3.05) is 83.2 Å². The molecule has 0 saturated carbocycles. The molecular formula is C52H54N2O23. The van der Waals surface area contributed by atoms with Gasteiger partial charge in [0.25, 0.3) is 0 Å². The Morgan fingerprint density at radius 3 is 1.42 bits per heavy atom. The van der Waals surface area contributed by atoms with Crippen LogP contribution in [0.3, 0.4) is 0 Å². The molecule has 3 aromatic carbocycles. The van der Waals surface area contributed by atoms with E-state index in [0.717, 1.165) is 27.7 Å². The Bertz CT molecular complexity index is 2950. The van der Waals surface area contributed by atoms with Crippen LogP contribution in [-0.2, 0) is 85.8 Å². The highest BCUT2D eigenvalue weighted by Crippen LogP contribution is 2.45. The van der Waals surface area contributed by atoms with Gasteiger partial charge in [-0.2, -0.15) is 0 Å². The van der Waals surface area contributed by atoms with E-state index in [1.165, 1.54) is 28.9 Å². The van der Waals surface area contributed by atoms with Crippen molar-refractivity contribution in [3.8, 4) is 39.7 Å². The topological polar surface area (TPSA) is 301 Å². The fourth-order valence-corrected chi connectivity index (χ4v) is 6.99. The zero-order valence-corrected chi connectivity index (χ0v) is 42.9. The predicted molar refractivity (Wildman–Crippen MR) is 264 cm³/mol. The molecule has 0 spiro atoms. The van der Waals surface area contributed by atoms with Crippen molar-refractivity contribution in [2.45, 2.75) is 48.5 Å². The van der Waals surface area contributed by atoms with Gasteiger partial charge in [-0.3, -0.25) is 47.9 Å². The summed E-state index contributed by atoms with van der Waals surface area (Å²) in [6, 6.07) is 17.1. The smallest absolute Gasteiger partial charge is 0.328 e. The third kappa shape index (κ3) is 18.5. The first-order chi connectivity index (χ1) is 36.7. The van der Waals surface area contributed by atoms with E-state index < -0.39 is 114 Å². The van der Waals surface area contributed by atoms with Crippen LogP contribution in [0, 0.1) is 13.8 Å². The average molecular weight is 1070 g/mol. The minimum absolute atomic E-state index is 0.0239. The van der Waals surface area contributed by atoms with Crippen molar-refractivity contribution < 1.29 is 104 Å². The number of carbonyl (C=O) groups excluding carboxylic acids is 9. The van der Waals surface area contributed by atoms with Crippen molar-refractivity contribution in [1.82, 2.24) is 0 Å². The van der Waals surface area contributed by atoms with Gasteiger partial charge in [-0.1, -0.05) is 6.07 Å². The van der Waals surface area contributed by atoms with Gasteiger partial charge in [-0.05, 0) is 79.1 Å². The zero-order valence-electron chi connectivity index (χ0n) is 42.9. The van der Waals surface area contributed by atoms with Crippen LogP contribution >= 0.6 is 0 Å². The second-order valence-electron chi connectivity index (χ2n) is 16.3. The predicted octanol–water partition coefficient (Wildman–Crippen LogP) is 4.41. The Labute approximate surface area is 438 Å². The maximum atomic E-state index is 13.3. The zero-order chi connectivity index (χ0) is 56.2. The summed E-state index contributed by atoms with van der Waals surface area (Å²) in [5, 5.41) is 0.517. The maximum absolute atomic E-state index is 13.3. The molecule has 2 aliphatic rings. The average Bonchev–Trinajstić information content (AvgIpc) is 3.37. The Kier molecular flexibility index (Phi) is 21.5. The quantitative estimate of drug-likeness (QED) is 0.0231. The minimum Gasteiger partial charge on any atom is -0.488 e. The number of rotatable bonds is 27. The van der Waals surface area contributed by atoms with Crippen molar-refractivity contribution in [3.05, 3.63) is 88.1 Å². The van der Waals surface area contributed by atoms with E-state index in [2.05, 4.69) is 0 Å². The lowest BCUT2D eigenvalue weighted by molar-refractivity contribution is -0.167. The summed E-state index contributed by atoms with van der Waals surface area (Å²) in [5.41, 5.74) is 2.91. The van der Waals surface area contributed by atoms with Crippen LogP contribution in [0.15, 0.2) is 75.9 Å². The van der Waals surface area contributed by atoms with Crippen molar-refractivity contribution >= 4 is 76.1 Å². The lowest BCUT2D eigenvalue weighted by atomic mass is 9.90. The van der Waals surface area contributed by atoms with E-state index in [0.29, 0.717) is 33.2 Å². The van der Waals surface area contributed by atoms with Crippen LogP contribution in [0.4, 0.5) is 11.4 Å². The van der Waals surface area contributed by atoms with Crippen LogP contribution in [0.1, 0.15) is 45.7 Å². The molecule has 0 N–H and O–H groups in total. The summed E-state index contributed by atoms with van der Waals surface area (Å²) in [7, 11) is 0. The molecule has 0 saturated heterocycles. The van der Waals surface area contributed by atoms with Crippen LogP contribution < -0.4 is 29.4 Å². The fourth-order valence-electron chi connectivity index (χ4n) is 6.99. The molecule has 0 fully saturated rings. The lowest BCUT2D eigenvalue weighted by Crippen LogP contribution is -2.37. The van der Waals surface area contributed by atoms with Gasteiger partial charge >= 0.3 is 53.7 Å². The first-order valence-corrected chi connectivity index (χ1v) is 23.1. The van der Waals surface area contributed by atoms with E-state index in [1.807, 2.05) is 0 Å². The Morgan fingerprint density at radius 1 is 0.455 bits per heavy atom. The maximum Gasteiger partial charge on any atom is 0.328 e. The molecule has 0 unspecified atom stereocenters. The number of hydrogen-bond acceptors (Lipinski definition) is 25. The van der Waals surface area contributed by atoms with Gasteiger partial charge < -0.3 is 71.1 Å². The molecule has 1 aliphatic carbocycles. The highest BCUT2D eigenvalue weighted by molar-refractivity contribution is 6.03. The summed E-state index contributed by atoms with van der Waals surface area (Å²) in [6.45, 7) is 2.79. The number of aryl methyl sites for hydroxylation is 2. The van der Waals surface area contributed by atoms with E-state index in [1.54, 1.807) is 68.4 Å². The largest absolute Gasteiger partial charge is 0.488 e. The highest BCUT2D eigenvalue weighted by atomic mass is 16.7.